The highest BCUT2D eigenvalue weighted by molar-refractivity contribution is 5.31. The van der Waals surface area contributed by atoms with Crippen LogP contribution in [0.1, 0.15) is 64.0 Å². The van der Waals surface area contributed by atoms with Crippen molar-refractivity contribution in [3.05, 3.63) is 29.8 Å². The number of nitrogens with two attached hydrogens (primary N) is 1. The van der Waals surface area contributed by atoms with Gasteiger partial charge in [-0.3, -0.25) is 11.3 Å². The lowest BCUT2D eigenvalue weighted by Crippen LogP contribution is -2.33. The van der Waals surface area contributed by atoms with Crippen molar-refractivity contribution in [1.82, 2.24) is 5.43 Å². The van der Waals surface area contributed by atoms with Crippen molar-refractivity contribution in [2.24, 2.45) is 11.8 Å². The largest absolute Gasteiger partial charge is 0.490 e. The van der Waals surface area contributed by atoms with Crippen LogP contribution in [-0.4, -0.2) is 6.10 Å². The summed E-state index contributed by atoms with van der Waals surface area (Å²) in [6, 6.07) is 8.65. The smallest absolute Gasteiger partial charge is 0.120 e. The third-order valence-corrected chi connectivity index (χ3v) is 4.01. The fourth-order valence-electron chi connectivity index (χ4n) is 2.88. The van der Waals surface area contributed by atoms with Crippen LogP contribution >= 0.6 is 0 Å². The SMILES string of the molecule is CCCC(CCC)C(NN)c1cccc(OC2CC2)c1. The van der Waals surface area contributed by atoms with E-state index in [0.29, 0.717) is 12.0 Å². The summed E-state index contributed by atoms with van der Waals surface area (Å²) in [6.07, 6.45) is 7.63. The molecular weight excluding hydrogens is 248 g/mol. The van der Waals surface area contributed by atoms with Crippen molar-refractivity contribution in [1.29, 1.82) is 0 Å². The van der Waals surface area contributed by atoms with Crippen molar-refractivity contribution in [2.75, 3.05) is 0 Å². The Hall–Kier alpha value is -1.06. The van der Waals surface area contributed by atoms with E-state index >= 15 is 0 Å². The molecule has 1 fully saturated rings. The lowest BCUT2D eigenvalue weighted by Gasteiger charge is -2.27. The molecule has 0 spiro atoms. The first-order chi connectivity index (χ1) is 9.78. The first-order valence-corrected chi connectivity index (χ1v) is 8.01. The predicted octanol–water partition coefficient (Wildman–Crippen LogP) is 3.95. The zero-order valence-electron chi connectivity index (χ0n) is 12.8. The number of rotatable bonds is 9. The zero-order chi connectivity index (χ0) is 14.4. The Bertz CT molecular complexity index is 398. The minimum atomic E-state index is 0.220. The van der Waals surface area contributed by atoms with Crippen LogP contribution in [0.2, 0.25) is 0 Å². The highest BCUT2D eigenvalue weighted by atomic mass is 16.5. The van der Waals surface area contributed by atoms with Gasteiger partial charge in [-0.25, -0.2) is 0 Å². The molecule has 0 amide bonds. The van der Waals surface area contributed by atoms with Gasteiger partial charge in [0.25, 0.3) is 0 Å². The number of ether oxygens (including phenoxy) is 1. The summed E-state index contributed by atoms with van der Waals surface area (Å²) in [5.74, 6) is 7.41. The summed E-state index contributed by atoms with van der Waals surface area (Å²) >= 11 is 0. The van der Waals surface area contributed by atoms with Crippen LogP contribution in [0.15, 0.2) is 24.3 Å². The molecule has 1 atom stereocenters. The molecule has 0 radical (unpaired) electrons. The molecule has 2 rings (SSSR count). The van der Waals surface area contributed by atoms with Gasteiger partial charge < -0.3 is 4.74 Å². The van der Waals surface area contributed by atoms with Crippen LogP contribution in [0.5, 0.6) is 5.75 Å². The fraction of sp³-hybridized carbons (Fsp3) is 0.647. The lowest BCUT2D eigenvalue weighted by atomic mass is 9.86. The highest BCUT2D eigenvalue weighted by Gasteiger charge is 2.25. The maximum atomic E-state index is 5.89. The molecule has 3 nitrogen and oxygen atoms in total. The van der Waals surface area contributed by atoms with Gasteiger partial charge in [-0.2, -0.15) is 0 Å². The summed E-state index contributed by atoms with van der Waals surface area (Å²) in [6.45, 7) is 4.48. The molecule has 1 saturated carbocycles. The van der Waals surface area contributed by atoms with Gasteiger partial charge >= 0.3 is 0 Å². The van der Waals surface area contributed by atoms with Gasteiger partial charge in [0, 0.05) is 6.04 Å². The molecular formula is C17H28N2O. The molecule has 112 valence electrons. The molecule has 0 bridgehead atoms. The van der Waals surface area contributed by atoms with E-state index in [0.717, 1.165) is 5.75 Å². The van der Waals surface area contributed by atoms with Crippen molar-refractivity contribution in [3.63, 3.8) is 0 Å². The van der Waals surface area contributed by atoms with E-state index < -0.39 is 0 Å². The second-order valence-corrected chi connectivity index (χ2v) is 5.87. The molecule has 0 heterocycles. The van der Waals surface area contributed by atoms with Crippen LogP contribution < -0.4 is 16.0 Å². The van der Waals surface area contributed by atoms with E-state index in [4.69, 9.17) is 10.6 Å². The molecule has 3 heteroatoms. The Kier molecular flexibility index (Phi) is 5.86. The van der Waals surface area contributed by atoms with Crippen LogP contribution in [0.4, 0.5) is 0 Å². The molecule has 0 saturated heterocycles. The highest BCUT2D eigenvalue weighted by Crippen LogP contribution is 2.32. The molecule has 1 aliphatic rings. The summed E-state index contributed by atoms with van der Waals surface area (Å²) in [5, 5.41) is 0. The Morgan fingerprint density at radius 1 is 1.25 bits per heavy atom. The van der Waals surface area contributed by atoms with Gasteiger partial charge in [0.1, 0.15) is 5.75 Å². The fourth-order valence-corrected chi connectivity index (χ4v) is 2.88. The van der Waals surface area contributed by atoms with Crippen molar-refractivity contribution in [2.45, 2.75) is 64.5 Å². The summed E-state index contributed by atoms with van der Waals surface area (Å²) in [7, 11) is 0. The molecule has 1 aromatic rings. The van der Waals surface area contributed by atoms with E-state index in [1.54, 1.807) is 0 Å². The van der Waals surface area contributed by atoms with Gasteiger partial charge in [-0.15, -0.1) is 0 Å². The Morgan fingerprint density at radius 3 is 2.50 bits per heavy atom. The average Bonchev–Trinajstić information content (AvgIpc) is 3.24. The van der Waals surface area contributed by atoms with E-state index in [-0.39, 0.29) is 6.04 Å². The van der Waals surface area contributed by atoms with Crippen LogP contribution in [0, 0.1) is 5.92 Å². The van der Waals surface area contributed by atoms with Gasteiger partial charge in [-0.05, 0) is 49.3 Å². The molecule has 0 aliphatic heterocycles. The third-order valence-electron chi connectivity index (χ3n) is 4.01. The van der Waals surface area contributed by atoms with Gasteiger partial charge in [-0.1, -0.05) is 38.8 Å². The first-order valence-electron chi connectivity index (χ1n) is 8.01. The number of hydrogen-bond acceptors (Lipinski definition) is 3. The van der Waals surface area contributed by atoms with Crippen molar-refractivity contribution >= 4 is 0 Å². The summed E-state index contributed by atoms with van der Waals surface area (Å²) in [5.41, 5.74) is 4.28. The van der Waals surface area contributed by atoms with E-state index in [1.807, 2.05) is 6.07 Å². The monoisotopic (exact) mass is 276 g/mol. The zero-order valence-corrected chi connectivity index (χ0v) is 12.8. The maximum Gasteiger partial charge on any atom is 0.120 e. The number of hydrazine groups is 1. The van der Waals surface area contributed by atoms with Crippen molar-refractivity contribution < 1.29 is 4.74 Å². The standard InChI is InChI=1S/C17H28N2O/c1-3-6-13(7-4-2)17(19-18)14-8-5-9-16(12-14)20-15-10-11-15/h5,8-9,12-13,15,17,19H,3-4,6-7,10-11,18H2,1-2H3. The molecule has 1 aliphatic carbocycles. The average molecular weight is 276 g/mol. The molecule has 3 N–H and O–H groups in total. The van der Waals surface area contributed by atoms with Gasteiger partial charge in [0.2, 0.25) is 0 Å². The minimum absolute atomic E-state index is 0.220. The van der Waals surface area contributed by atoms with Crippen molar-refractivity contribution in [3.8, 4) is 5.75 Å². The van der Waals surface area contributed by atoms with Crippen LogP contribution in [0.3, 0.4) is 0 Å². The molecule has 0 aromatic heterocycles. The number of benzene rings is 1. The normalized spacial score (nSPS) is 16.4. The molecule has 1 unspecified atom stereocenters. The minimum Gasteiger partial charge on any atom is -0.490 e. The van der Waals surface area contributed by atoms with Gasteiger partial charge in [0.15, 0.2) is 0 Å². The van der Waals surface area contributed by atoms with Crippen LogP contribution in [-0.2, 0) is 0 Å². The second kappa shape index (κ2) is 7.65. The van der Waals surface area contributed by atoms with Gasteiger partial charge in [0.05, 0.1) is 6.10 Å². The maximum absolute atomic E-state index is 5.89. The number of nitrogens with one attached hydrogen (secondary N) is 1. The topological polar surface area (TPSA) is 47.3 Å². The molecule has 20 heavy (non-hydrogen) atoms. The lowest BCUT2D eigenvalue weighted by molar-refractivity contribution is 0.298. The Labute approximate surface area is 122 Å². The Balaban J connectivity index is 2.11. The summed E-state index contributed by atoms with van der Waals surface area (Å²) < 4.78 is 5.89. The van der Waals surface area contributed by atoms with Crippen LogP contribution in [0.25, 0.3) is 0 Å². The second-order valence-electron chi connectivity index (χ2n) is 5.87. The number of hydrogen-bond donors (Lipinski definition) is 2. The summed E-state index contributed by atoms with van der Waals surface area (Å²) in [4.78, 5) is 0. The van der Waals surface area contributed by atoms with E-state index in [1.165, 1.54) is 44.1 Å². The first kappa shape index (κ1) is 15.3. The Morgan fingerprint density at radius 2 is 1.95 bits per heavy atom. The van der Waals surface area contributed by atoms with E-state index in [9.17, 15) is 0 Å². The third kappa shape index (κ3) is 4.22. The quantitative estimate of drug-likeness (QED) is 0.530. The predicted molar refractivity (Wildman–Crippen MR) is 83.5 cm³/mol. The van der Waals surface area contributed by atoms with E-state index in [2.05, 4.69) is 37.5 Å². The molecule has 1 aromatic carbocycles.